The van der Waals surface area contributed by atoms with Crippen LogP contribution in [0.4, 0.5) is 4.39 Å². The molecule has 28 heavy (non-hydrogen) atoms. The topological polar surface area (TPSA) is 35.8 Å². The van der Waals surface area contributed by atoms with Gasteiger partial charge in [-0.1, -0.05) is 0 Å². The number of thioether (sulfide) groups is 1. The van der Waals surface area contributed by atoms with Gasteiger partial charge in [0.25, 0.3) is 5.82 Å². The molecule has 0 saturated carbocycles. The number of fused-ring (bicyclic) bond motifs is 3. The largest absolute Gasteiger partial charge is 1.00 e. The second-order valence-corrected chi connectivity index (χ2v) is 8.00. The summed E-state index contributed by atoms with van der Waals surface area (Å²) in [5.41, 5.74) is 3.22. The Morgan fingerprint density at radius 1 is 1.29 bits per heavy atom. The lowest BCUT2D eigenvalue weighted by atomic mass is 10.1. The first kappa shape index (κ1) is 21.2. The minimum absolute atomic E-state index is 0. The molecule has 0 atom stereocenters. The average molecular weight is 510 g/mol. The molecule has 148 valence electrons. The van der Waals surface area contributed by atoms with Gasteiger partial charge in [0.15, 0.2) is 11.0 Å². The second-order valence-electron chi connectivity index (χ2n) is 6.88. The van der Waals surface area contributed by atoms with Crippen LogP contribution in [0.25, 0.3) is 16.6 Å². The van der Waals surface area contributed by atoms with Crippen molar-refractivity contribution in [1.82, 2.24) is 9.47 Å². The Labute approximate surface area is 186 Å². The van der Waals surface area contributed by atoms with E-state index in [0.717, 1.165) is 61.6 Å². The van der Waals surface area contributed by atoms with Gasteiger partial charge in [0.05, 0.1) is 23.7 Å². The molecule has 0 aliphatic carbocycles. The van der Waals surface area contributed by atoms with Crippen molar-refractivity contribution in [2.45, 2.75) is 39.8 Å². The summed E-state index contributed by atoms with van der Waals surface area (Å²) in [4.78, 5) is 2.41. The molecule has 0 bridgehead atoms. The molecule has 7 heteroatoms. The van der Waals surface area contributed by atoms with Gasteiger partial charge in [-0.05, 0) is 38.8 Å². The zero-order chi connectivity index (χ0) is 19.0. The Morgan fingerprint density at radius 2 is 2.11 bits per heavy atom. The van der Waals surface area contributed by atoms with Crippen LogP contribution in [0.3, 0.4) is 0 Å². The van der Waals surface area contributed by atoms with E-state index in [0.29, 0.717) is 0 Å². The number of rotatable bonds is 3. The summed E-state index contributed by atoms with van der Waals surface area (Å²) in [6.07, 6.45) is 6.56. The number of benzene rings is 1. The highest BCUT2D eigenvalue weighted by molar-refractivity contribution is 8.03. The molecule has 0 spiro atoms. The fourth-order valence-corrected chi connectivity index (χ4v) is 5.22. The smallest absolute Gasteiger partial charge is 0.285 e. The lowest BCUT2D eigenvalue weighted by Crippen LogP contribution is -3.00. The number of nitrogens with zero attached hydrogens (tertiary/aromatic N) is 4. The average Bonchev–Trinajstić information content (AvgIpc) is 3.27. The predicted molar refractivity (Wildman–Crippen MR) is 107 cm³/mol. The van der Waals surface area contributed by atoms with E-state index in [1.807, 2.05) is 17.8 Å². The Kier molecular flexibility index (Phi) is 6.71. The monoisotopic (exact) mass is 510 g/mol. The van der Waals surface area contributed by atoms with Crippen molar-refractivity contribution < 1.29 is 32.9 Å². The highest BCUT2D eigenvalue weighted by Crippen LogP contribution is 2.31. The first-order valence-electron chi connectivity index (χ1n) is 9.62. The summed E-state index contributed by atoms with van der Waals surface area (Å²) in [7, 11) is 0. The maximum Gasteiger partial charge on any atom is 0.285 e. The highest BCUT2D eigenvalue weighted by Gasteiger charge is 2.31. The van der Waals surface area contributed by atoms with Gasteiger partial charge >= 0.3 is 0 Å². The maximum absolute atomic E-state index is 14.3. The fraction of sp³-hybridized carbons (Fsp3) is 0.429. The Bertz CT molecular complexity index is 1000. The molecule has 1 fully saturated rings. The fourth-order valence-electron chi connectivity index (χ4n) is 4.13. The number of imidazole rings is 1. The van der Waals surface area contributed by atoms with Gasteiger partial charge in [-0.3, -0.25) is 0 Å². The van der Waals surface area contributed by atoms with Crippen molar-refractivity contribution in [3.05, 3.63) is 46.5 Å². The van der Waals surface area contributed by atoms with E-state index in [1.54, 1.807) is 6.07 Å². The molecule has 2 aliphatic rings. The van der Waals surface area contributed by atoms with Gasteiger partial charge in [0.2, 0.25) is 0 Å². The molecule has 0 amide bonds. The van der Waals surface area contributed by atoms with Crippen molar-refractivity contribution in [1.29, 1.82) is 5.26 Å². The zero-order valence-corrected chi connectivity index (χ0v) is 19.2. The minimum Gasteiger partial charge on any atom is -1.00 e. The standard InChI is InChI=1S/C21H24FN4S.HI/c1-3-24-10-11-27-20(24)8-7-15-6-5-9-26-18-12-16(14-23)17(22)13-19(18)25(4-2)21(15)26;/h7-8,12-13H,3-6,9-11H2,1-2H3;1H/q+1;/p-1. The summed E-state index contributed by atoms with van der Waals surface area (Å²) in [5.74, 6) is 1.86. The van der Waals surface area contributed by atoms with E-state index in [1.165, 1.54) is 16.7 Å². The molecule has 0 N–H and O–H groups in total. The van der Waals surface area contributed by atoms with E-state index in [4.69, 9.17) is 0 Å². The van der Waals surface area contributed by atoms with Crippen molar-refractivity contribution in [3.8, 4) is 6.07 Å². The minimum atomic E-state index is -0.441. The normalized spacial score (nSPS) is 19.1. The third kappa shape index (κ3) is 3.57. The number of halogens is 2. The molecule has 3 heterocycles. The molecule has 0 unspecified atom stereocenters. The number of nitriles is 1. The van der Waals surface area contributed by atoms with Crippen molar-refractivity contribution in [2.24, 2.45) is 0 Å². The van der Waals surface area contributed by atoms with Crippen LogP contribution in [-0.2, 0) is 13.1 Å². The Morgan fingerprint density at radius 3 is 2.82 bits per heavy atom. The van der Waals surface area contributed by atoms with Gasteiger partial charge in [-0.15, -0.1) is 11.8 Å². The summed E-state index contributed by atoms with van der Waals surface area (Å²) in [6, 6.07) is 5.20. The van der Waals surface area contributed by atoms with Crippen LogP contribution in [-0.4, -0.2) is 28.3 Å². The molecule has 1 aromatic carbocycles. The van der Waals surface area contributed by atoms with Crippen LogP contribution in [0.5, 0.6) is 0 Å². The Balaban J connectivity index is 0.00000225. The van der Waals surface area contributed by atoms with Crippen LogP contribution in [0, 0.1) is 17.1 Å². The SMILES string of the molecule is CCN1CCSC1=CC=C1CCC[n+]2c1n(CC)c1cc(F)c(C#N)cc12.[I-]. The van der Waals surface area contributed by atoms with Crippen molar-refractivity contribution in [2.75, 3.05) is 18.8 Å². The van der Waals surface area contributed by atoms with Crippen LogP contribution in [0.15, 0.2) is 29.3 Å². The zero-order valence-electron chi connectivity index (χ0n) is 16.2. The van der Waals surface area contributed by atoms with Gasteiger partial charge < -0.3 is 28.9 Å². The number of hydrogen-bond donors (Lipinski definition) is 0. The molecule has 0 radical (unpaired) electrons. The number of aryl methyl sites for hydroxylation is 2. The van der Waals surface area contributed by atoms with Crippen LogP contribution < -0.4 is 28.5 Å². The van der Waals surface area contributed by atoms with E-state index >= 15 is 0 Å². The summed E-state index contributed by atoms with van der Waals surface area (Å²) in [5, 5.41) is 10.6. The van der Waals surface area contributed by atoms with Crippen molar-refractivity contribution in [3.63, 3.8) is 0 Å². The van der Waals surface area contributed by atoms with E-state index in [-0.39, 0.29) is 29.5 Å². The van der Waals surface area contributed by atoms with Gasteiger partial charge in [0, 0.05) is 36.5 Å². The summed E-state index contributed by atoms with van der Waals surface area (Å²) < 4.78 is 18.7. The van der Waals surface area contributed by atoms with E-state index in [2.05, 4.69) is 40.0 Å². The lowest BCUT2D eigenvalue weighted by Gasteiger charge is -2.16. The number of hydrogen-bond acceptors (Lipinski definition) is 3. The molecule has 1 aromatic heterocycles. The van der Waals surface area contributed by atoms with Gasteiger partial charge in [-0.2, -0.15) is 5.26 Å². The van der Waals surface area contributed by atoms with E-state index < -0.39 is 5.82 Å². The third-order valence-electron chi connectivity index (χ3n) is 5.44. The molecule has 4 rings (SSSR count). The third-order valence-corrected chi connectivity index (χ3v) is 6.52. The first-order chi connectivity index (χ1) is 13.2. The maximum atomic E-state index is 14.3. The molecular weight excluding hydrogens is 486 g/mol. The number of aromatic nitrogens is 2. The summed E-state index contributed by atoms with van der Waals surface area (Å²) in [6.45, 7) is 8.10. The summed E-state index contributed by atoms with van der Waals surface area (Å²) >= 11 is 1.91. The predicted octanol–water partition coefficient (Wildman–Crippen LogP) is 1.05. The lowest BCUT2D eigenvalue weighted by molar-refractivity contribution is -0.678. The Hall–Kier alpha value is -1.53. The first-order valence-corrected chi connectivity index (χ1v) is 10.6. The van der Waals surface area contributed by atoms with Gasteiger partial charge in [-0.25, -0.2) is 13.5 Å². The molecule has 2 aromatic rings. The number of allylic oxidation sites excluding steroid dienone is 3. The highest BCUT2D eigenvalue weighted by atomic mass is 127. The van der Waals surface area contributed by atoms with E-state index in [9.17, 15) is 9.65 Å². The molecular formula is C21H24FIN4S. The second kappa shape index (κ2) is 8.87. The molecule has 1 saturated heterocycles. The molecule has 2 aliphatic heterocycles. The molecule has 4 nitrogen and oxygen atoms in total. The quantitative estimate of drug-likeness (QED) is 0.458. The van der Waals surface area contributed by atoms with Crippen LogP contribution in [0.2, 0.25) is 0 Å². The van der Waals surface area contributed by atoms with Crippen LogP contribution in [0.1, 0.15) is 38.1 Å². The van der Waals surface area contributed by atoms with Gasteiger partial charge in [0.1, 0.15) is 11.9 Å². The van der Waals surface area contributed by atoms with Crippen molar-refractivity contribution >= 4 is 28.4 Å². The van der Waals surface area contributed by atoms with Crippen LogP contribution >= 0.6 is 11.8 Å².